The van der Waals surface area contributed by atoms with Crippen molar-refractivity contribution >= 4 is 24.0 Å². The molecule has 2 aromatic heterocycles. The van der Waals surface area contributed by atoms with Crippen molar-refractivity contribution in [3.8, 4) is 11.3 Å². The lowest BCUT2D eigenvalue weighted by Crippen LogP contribution is -2.43. The fourth-order valence-corrected chi connectivity index (χ4v) is 3.95. The summed E-state index contributed by atoms with van der Waals surface area (Å²) in [6.45, 7) is 1.74. The summed E-state index contributed by atoms with van der Waals surface area (Å²) in [5.41, 5.74) is 2.38. The van der Waals surface area contributed by atoms with Crippen LogP contribution in [0.2, 0.25) is 0 Å². The minimum Gasteiger partial charge on any atom is -0.348 e. The Morgan fingerprint density at radius 2 is 1.83 bits per heavy atom. The number of piperidine rings is 1. The lowest BCUT2D eigenvalue weighted by atomic mass is 10.1. The summed E-state index contributed by atoms with van der Waals surface area (Å²) in [6, 6.07) is 13.7. The van der Waals surface area contributed by atoms with Crippen molar-refractivity contribution in [2.45, 2.75) is 18.9 Å². The van der Waals surface area contributed by atoms with E-state index in [9.17, 15) is 4.79 Å². The zero-order chi connectivity index (χ0) is 20.1. The van der Waals surface area contributed by atoms with Gasteiger partial charge in [-0.2, -0.15) is 5.10 Å². The van der Waals surface area contributed by atoms with Gasteiger partial charge in [-0.1, -0.05) is 30.3 Å². The summed E-state index contributed by atoms with van der Waals surface area (Å²) in [7, 11) is 1.80. The molecule has 3 aromatic rings. The molecule has 150 valence electrons. The van der Waals surface area contributed by atoms with Gasteiger partial charge in [-0.3, -0.25) is 14.2 Å². The zero-order valence-corrected chi connectivity index (χ0v) is 17.0. The summed E-state index contributed by atoms with van der Waals surface area (Å²) in [5, 5.41) is 7.64. The second-order valence-electron chi connectivity index (χ2n) is 6.85. The van der Waals surface area contributed by atoms with Gasteiger partial charge in [-0.15, -0.1) is 0 Å². The van der Waals surface area contributed by atoms with E-state index in [4.69, 9.17) is 0 Å². The van der Waals surface area contributed by atoms with E-state index < -0.39 is 0 Å². The van der Waals surface area contributed by atoms with Crippen LogP contribution < -0.4 is 10.0 Å². The molecule has 1 saturated heterocycles. The van der Waals surface area contributed by atoms with Gasteiger partial charge in [0.2, 0.25) is 5.95 Å². The Balaban J connectivity index is 1.28. The van der Waals surface area contributed by atoms with Gasteiger partial charge >= 0.3 is 0 Å². The summed E-state index contributed by atoms with van der Waals surface area (Å²) in [4.78, 5) is 21.0. The van der Waals surface area contributed by atoms with Gasteiger partial charge in [-0.25, -0.2) is 14.3 Å². The van der Waals surface area contributed by atoms with Crippen LogP contribution in [0.25, 0.3) is 11.3 Å². The van der Waals surface area contributed by atoms with Crippen LogP contribution in [0.15, 0.2) is 54.9 Å². The van der Waals surface area contributed by atoms with Gasteiger partial charge in [0.05, 0.1) is 5.69 Å². The maximum atomic E-state index is 12.8. The molecule has 0 unspecified atom stereocenters. The maximum Gasteiger partial charge on any atom is 0.269 e. The molecule has 9 heteroatoms. The quantitative estimate of drug-likeness (QED) is 0.605. The van der Waals surface area contributed by atoms with Crippen molar-refractivity contribution in [3.05, 3.63) is 60.6 Å². The Kier molecular flexibility index (Phi) is 6.06. The van der Waals surface area contributed by atoms with Gasteiger partial charge in [0, 0.05) is 56.3 Å². The summed E-state index contributed by atoms with van der Waals surface area (Å²) in [5.74, 6) is 0.516. The predicted octanol–water partition coefficient (Wildman–Crippen LogP) is 2.75. The molecule has 0 radical (unpaired) electrons. The molecule has 0 bridgehead atoms. The van der Waals surface area contributed by atoms with Gasteiger partial charge in [0.15, 0.2) is 0 Å². The molecule has 2 N–H and O–H groups in total. The van der Waals surface area contributed by atoms with Crippen LogP contribution in [0.3, 0.4) is 0 Å². The van der Waals surface area contributed by atoms with Crippen molar-refractivity contribution in [3.63, 3.8) is 0 Å². The third kappa shape index (κ3) is 4.93. The Hall–Kier alpha value is -2.91. The third-order valence-corrected chi connectivity index (χ3v) is 5.70. The van der Waals surface area contributed by atoms with Crippen LogP contribution in [0.1, 0.15) is 23.3 Å². The molecule has 1 aromatic carbocycles. The predicted molar refractivity (Wildman–Crippen MR) is 114 cm³/mol. The highest BCUT2D eigenvalue weighted by molar-refractivity contribution is 7.98. The molecule has 29 heavy (non-hydrogen) atoms. The van der Waals surface area contributed by atoms with E-state index in [1.807, 2.05) is 36.4 Å². The molecule has 1 aliphatic rings. The lowest BCUT2D eigenvalue weighted by molar-refractivity contribution is 0.0915. The Morgan fingerprint density at radius 3 is 2.55 bits per heavy atom. The molecular weight excluding hydrogens is 386 g/mol. The number of rotatable bonds is 6. The van der Waals surface area contributed by atoms with E-state index in [1.165, 1.54) is 12.1 Å². The van der Waals surface area contributed by atoms with Gasteiger partial charge < -0.3 is 5.32 Å². The average molecular weight is 410 g/mol. The second-order valence-corrected chi connectivity index (χ2v) is 7.75. The summed E-state index contributed by atoms with van der Waals surface area (Å²) >= 11 is 1.50. The topological polar surface area (TPSA) is 88.0 Å². The number of benzene rings is 1. The molecule has 4 rings (SSSR count). The zero-order valence-electron chi connectivity index (χ0n) is 16.2. The molecule has 0 atom stereocenters. The van der Waals surface area contributed by atoms with Crippen LogP contribution in [0, 0.1) is 0 Å². The van der Waals surface area contributed by atoms with E-state index >= 15 is 0 Å². The molecule has 0 aliphatic carbocycles. The number of carbonyl (C=O) groups excluding carboxylic acids is 1. The molecule has 1 amide bonds. The molecular formula is C20H23N7OS. The standard InChI is InChI=1S/C20H23N7OS/c1-26-18(14-17(24-26)15-6-3-2-4-7-15)19(28)23-16-8-12-27(13-9-16)29-25-20-21-10-5-11-22-20/h2-7,10-11,14,16H,8-9,12-13H2,1H3,(H,23,28)(H,21,22,25). The minimum absolute atomic E-state index is 0.0795. The van der Waals surface area contributed by atoms with Crippen molar-refractivity contribution in [1.82, 2.24) is 29.4 Å². The lowest BCUT2D eigenvalue weighted by Gasteiger charge is -2.30. The van der Waals surface area contributed by atoms with Gasteiger partial charge in [-0.05, 0) is 25.0 Å². The number of nitrogens with one attached hydrogen (secondary N) is 2. The first-order valence-electron chi connectivity index (χ1n) is 9.54. The van der Waals surface area contributed by atoms with Gasteiger partial charge in [0.1, 0.15) is 5.69 Å². The number of anilines is 1. The second kappa shape index (κ2) is 9.06. The Morgan fingerprint density at radius 1 is 1.10 bits per heavy atom. The molecule has 0 saturated carbocycles. The molecule has 1 aliphatic heterocycles. The first-order valence-corrected chi connectivity index (χ1v) is 10.3. The highest BCUT2D eigenvalue weighted by atomic mass is 32.2. The van der Waals surface area contributed by atoms with Crippen molar-refractivity contribution in [1.29, 1.82) is 0 Å². The SMILES string of the molecule is Cn1nc(-c2ccccc2)cc1C(=O)NC1CCN(SNc2ncccn2)CC1. The van der Waals surface area contributed by atoms with Crippen LogP contribution in [-0.2, 0) is 7.05 Å². The van der Waals surface area contributed by atoms with E-state index in [1.54, 1.807) is 30.2 Å². The van der Waals surface area contributed by atoms with Crippen molar-refractivity contribution in [2.75, 3.05) is 17.8 Å². The number of aromatic nitrogens is 4. The smallest absolute Gasteiger partial charge is 0.269 e. The highest BCUT2D eigenvalue weighted by Crippen LogP contribution is 2.21. The van der Waals surface area contributed by atoms with Crippen LogP contribution >= 0.6 is 12.1 Å². The molecule has 0 spiro atoms. The van der Waals surface area contributed by atoms with Crippen molar-refractivity contribution in [2.24, 2.45) is 7.05 Å². The van der Waals surface area contributed by atoms with E-state index in [0.717, 1.165) is 37.2 Å². The number of carbonyl (C=O) groups is 1. The normalized spacial score (nSPS) is 15.2. The Bertz CT molecular complexity index is 940. The number of amides is 1. The first kappa shape index (κ1) is 19.4. The van der Waals surface area contributed by atoms with E-state index in [0.29, 0.717) is 11.6 Å². The molecule has 1 fully saturated rings. The minimum atomic E-state index is -0.0795. The highest BCUT2D eigenvalue weighted by Gasteiger charge is 2.23. The average Bonchev–Trinajstić information content (AvgIpc) is 3.16. The number of nitrogens with zero attached hydrogens (tertiary/aromatic N) is 5. The fraction of sp³-hybridized carbons (Fsp3) is 0.300. The summed E-state index contributed by atoms with van der Waals surface area (Å²) < 4.78 is 7.01. The van der Waals surface area contributed by atoms with Crippen LogP contribution in [-0.4, -0.2) is 49.1 Å². The first-order chi connectivity index (χ1) is 14.2. The number of hydrogen-bond donors (Lipinski definition) is 2. The van der Waals surface area contributed by atoms with Crippen LogP contribution in [0.4, 0.5) is 5.95 Å². The Labute approximate surface area is 174 Å². The molecule has 3 heterocycles. The maximum absolute atomic E-state index is 12.8. The van der Waals surface area contributed by atoms with Gasteiger partial charge in [0.25, 0.3) is 5.91 Å². The third-order valence-electron chi connectivity index (χ3n) is 4.80. The summed E-state index contributed by atoms with van der Waals surface area (Å²) in [6.07, 6.45) is 5.19. The monoisotopic (exact) mass is 409 g/mol. The fourth-order valence-electron chi connectivity index (χ4n) is 3.24. The van der Waals surface area contributed by atoms with E-state index in [2.05, 4.69) is 29.4 Å². The number of hydrogen-bond acceptors (Lipinski definition) is 7. The van der Waals surface area contributed by atoms with E-state index in [-0.39, 0.29) is 11.9 Å². The van der Waals surface area contributed by atoms with Crippen LogP contribution in [0.5, 0.6) is 0 Å². The van der Waals surface area contributed by atoms with Crippen molar-refractivity contribution < 1.29 is 4.79 Å². The molecule has 8 nitrogen and oxygen atoms in total. The largest absolute Gasteiger partial charge is 0.348 e. The number of aryl methyl sites for hydroxylation is 1.